The highest BCUT2D eigenvalue weighted by molar-refractivity contribution is 5.91. The van der Waals surface area contributed by atoms with Gasteiger partial charge in [0.15, 0.2) is 0 Å². The van der Waals surface area contributed by atoms with E-state index in [9.17, 15) is 9.18 Å². The maximum absolute atomic E-state index is 13.1. The number of rotatable bonds is 6. The molecule has 2 aromatic carbocycles. The number of carbonyl (C=O) groups is 1. The van der Waals surface area contributed by atoms with Crippen molar-refractivity contribution in [3.05, 3.63) is 89.9 Å². The molecule has 0 unspecified atom stereocenters. The highest BCUT2D eigenvalue weighted by atomic mass is 19.1. The number of carbonyl (C=O) groups excluding carboxylic acids is 1. The van der Waals surface area contributed by atoms with E-state index < -0.39 is 0 Å². The van der Waals surface area contributed by atoms with Crippen molar-refractivity contribution in [1.29, 1.82) is 0 Å². The molecule has 5 heteroatoms. The van der Waals surface area contributed by atoms with Gasteiger partial charge in [-0.05, 0) is 35.4 Å². The second-order valence-electron chi connectivity index (χ2n) is 5.63. The lowest BCUT2D eigenvalue weighted by atomic mass is 10.1. The number of nitrogens with one attached hydrogen (secondary N) is 2. The van der Waals surface area contributed by atoms with E-state index in [4.69, 9.17) is 0 Å². The largest absolute Gasteiger partial charge is 0.380 e. The average molecular weight is 335 g/mol. The monoisotopic (exact) mass is 335 g/mol. The van der Waals surface area contributed by atoms with Crippen molar-refractivity contribution in [3.63, 3.8) is 0 Å². The predicted octanol–water partition coefficient (Wildman–Crippen LogP) is 4.01. The van der Waals surface area contributed by atoms with Crippen molar-refractivity contribution >= 4 is 17.4 Å². The van der Waals surface area contributed by atoms with Crippen LogP contribution in [0.15, 0.2) is 72.9 Å². The van der Waals surface area contributed by atoms with Gasteiger partial charge in [-0.25, -0.2) is 9.37 Å². The molecule has 0 bridgehead atoms. The highest BCUT2D eigenvalue weighted by Crippen LogP contribution is 2.12. The molecule has 0 fully saturated rings. The number of benzene rings is 2. The Bertz CT molecular complexity index is 835. The Morgan fingerprint density at radius 3 is 2.48 bits per heavy atom. The van der Waals surface area contributed by atoms with Crippen LogP contribution in [0.4, 0.5) is 15.9 Å². The lowest BCUT2D eigenvalue weighted by Gasteiger charge is -2.08. The normalized spacial score (nSPS) is 10.3. The van der Waals surface area contributed by atoms with Crippen LogP contribution < -0.4 is 10.6 Å². The van der Waals surface area contributed by atoms with Crippen molar-refractivity contribution in [2.24, 2.45) is 0 Å². The first-order valence-electron chi connectivity index (χ1n) is 7.97. The van der Waals surface area contributed by atoms with Gasteiger partial charge in [0.05, 0.1) is 18.3 Å². The Labute approximate surface area is 145 Å². The average Bonchev–Trinajstić information content (AvgIpc) is 2.62. The molecule has 3 aromatic rings. The fourth-order valence-corrected chi connectivity index (χ4v) is 2.39. The molecule has 0 saturated heterocycles. The number of hydrogen-bond acceptors (Lipinski definition) is 3. The van der Waals surface area contributed by atoms with Crippen LogP contribution in [0.25, 0.3) is 0 Å². The minimum Gasteiger partial charge on any atom is -0.380 e. The van der Waals surface area contributed by atoms with Gasteiger partial charge >= 0.3 is 0 Å². The molecule has 1 aromatic heterocycles. The fraction of sp³-hybridized carbons (Fsp3) is 0.100. The van der Waals surface area contributed by atoms with Gasteiger partial charge in [-0.15, -0.1) is 0 Å². The molecule has 3 rings (SSSR count). The molecular weight excluding hydrogens is 317 g/mol. The molecule has 0 atom stereocenters. The first-order chi connectivity index (χ1) is 12.2. The number of hydrogen-bond donors (Lipinski definition) is 2. The fourth-order valence-electron chi connectivity index (χ4n) is 2.39. The van der Waals surface area contributed by atoms with Crippen molar-refractivity contribution in [3.8, 4) is 0 Å². The van der Waals surface area contributed by atoms with E-state index in [0.717, 1.165) is 5.69 Å². The number of amides is 1. The van der Waals surface area contributed by atoms with Crippen LogP contribution in [-0.2, 0) is 17.8 Å². The molecule has 126 valence electrons. The molecule has 1 amide bonds. The topological polar surface area (TPSA) is 54.0 Å². The molecule has 0 spiro atoms. The highest BCUT2D eigenvalue weighted by Gasteiger charge is 2.06. The van der Waals surface area contributed by atoms with Gasteiger partial charge in [0.2, 0.25) is 5.91 Å². The molecule has 2 N–H and O–H groups in total. The van der Waals surface area contributed by atoms with Gasteiger partial charge < -0.3 is 10.6 Å². The first-order valence-corrected chi connectivity index (χ1v) is 7.97. The Morgan fingerprint density at radius 1 is 0.960 bits per heavy atom. The van der Waals surface area contributed by atoms with Crippen molar-refractivity contribution in [1.82, 2.24) is 4.98 Å². The Balaban J connectivity index is 1.52. The van der Waals surface area contributed by atoms with Crippen molar-refractivity contribution < 1.29 is 9.18 Å². The first kappa shape index (κ1) is 16.6. The minimum atomic E-state index is -0.350. The maximum atomic E-state index is 13.1. The van der Waals surface area contributed by atoms with E-state index in [1.54, 1.807) is 24.4 Å². The van der Waals surface area contributed by atoms with Gasteiger partial charge in [0, 0.05) is 6.54 Å². The summed E-state index contributed by atoms with van der Waals surface area (Å²) in [6, 6.07) is 19.6. The standard InChI is InChI=1S/C20H18FN3O/c21-17-8-4-7-16(11-17)12-20(25)24-19-10-9-18(14-23-19)22-13-15-5-2-1-3-6-15/h1-11,14,22H,12-13H2,(H,23,24,25). The maximum Gasteiger partial charge on any atom is 0.229 e. The second kappa shape index (κ2) is 8.06. The zero-order valence-corrected chi connectivity index (χ0v) is 13.6. The summed E-state index contributed by atoms with van der Waals surface area (Å²) in [7, 11) is 0. The molecule has 0 aliphatic heterocycles. The third-order valence-electron chi connectivity index (χ3n) is 3.62. The van der Waals surface area contributed by atoms with Gasteiger partial charge in [0.1, 0.15) is 11.6 Å². The van der Waals surface area contributed by atoms with Crippen LogP contribution >= 0.6 is 0 Å². The van der Waals surface area contributed by atoms with Gasteiger partial charge in [0.25, 0.3) is 0 Å². The number of pyridine rings is 1. The van der Waals surface area contributed by atoms with Crippen LogP contribution in [0.2, 0.25) is 0 Å². The van der Waals surface area contributed by atoms with Crippen LogP contribution in [-0.4, -0.2) is 10.9 Å². The molecule has 0 radical (unpaired) electrons. The Kier molecular flexibility index (Phi) is 5.36. The summed E-state index contributed by atoms with van der Waals surface area (Å²) in [4.78, 5) is 16.2. The molecule has 0 aliphatic rings. The molecule has 4 nitrogen and oxygen atoms in total. The lowest BCUT2D eigenvalue weighted by Crippen LogP contribution is -2.15. The SMILES string of the molecule is O=C(Cc1cccc(F)c1)Nc1ccc(NCc2ccccc2)cn1. The van der Waals surface area contributed by atoms with E-state index in [0.29, 0.717) is 17.9 Å². The molecule has 25 heavy (non-hydrogen) atoms. The van der Waals surface area contributed by atoms with E-state index in [2.05, 4.69) is 15.6 Å². The predicted molar refractivity (Wildman–Crippen MR) is 96.7 cm³/mol. The van der Waals surface area contributed by atoms with Crippen LogP contribution in [0.5, 0.6) is 0 Å². The number of nitrogens with zero attached hydrogens (tertiary/aromatic N) is 1. The van der Waals surface area contributed by atoms with Gasteiger partial charge in [-0.2, -0.15) is 0 Å². The van der Waals surface area contributed by atoms with Gasteiger partial charge in [-0.3, -0.25) is 4.79 Å². The van der Waals surface area contributed by atoms with Crippen LogP contribution in [0.1, 0.15) is 11.1 Å². The zero-order chi connectivity index (χ0) is 17.5. The van der Waals surface area contributed by atoms with E-state index in [-0.39, 0.29) is 18.1 Å². The molecule has 0 aliphatic carbocycles. The number of anilines is 2. The van der Waals surface area contributed by atoms with E-state index in [1.165, 1.54) is 17.7 Å². The summed E-state index contributed by atoms with van der Waals surface area (Å²) in [5.41, 5.74) is 2.67. The minimum absolute atomic E-state index is 0.105. The van der Waals surface area contributed by atoms with Gasteiger partial charge in [-0.1, -0.05) is 42.5 Å². The summed E-state index contributed by atoms with van der Waals surface area (Å²) in [6.07, 6.45) is 1.77. The van der Waals surface area contributed by atoms with Crippen LogP contribution in [0.3, 0.4) is 0 Å². The second-order valence-corrected chi connectivity index (χ2v) is 5.63. The lowest BCUT2D eigenvalue weighted by molar-refractivity contribution is -0.115. The zero-order valence-electron chi connectivity index (χ0n) is 13.6. The molecule has 1 heterocycles. The van der Waals surface area contributed by atoms with E-state index >= 15 is 0 Å². The summed E-state index contributed by atoms with van der Waals surface area (Å²) in [5.74, 6) is -0.118. The third kappa shape index (κ3) is 5.14. The Morgan fingerprint density at radius 2 is 1.76 bits per heavy atom. The van der Waals surface area contributed by atoms with E-state index in [1.807, 2.05) is 36.4 Å². The summed E-state index contributed by atoms with van der Waals surface area (Å²) in [5, 5.41) is 5.98. The number of halogens is 1. The molecular formula is C20H18FN3O. The number of aromatic nitrogens is 1. The quantitative estimate of drug-likeness (QED) is 0.715. The van der Waals surface area contributed by atoms with Crippen molar-refractivity contribution in [2.75, 3.05) is 10.6 Å². The molecule has 0 saturated carbocycles. The van der Waals surface area contributed by atoms with Crippen LogP contribution in [0, 0.1) is 5.82 Å². The smallest absolute Gasteiger partial charge is 0.229 e. The van der Waals surface area contributed by atoms with Crippen molar-refractivity contribution in [2.45, 2.75) is 13.0 Å². The summed E-state index contributed by atoms with van der Waals surface area (Å²) < 4.78 is 13.1. The summed E-state index contributed by atoms with van der Waals surface area (Å²) in [6.45, 7) is 0.702. The third-order valence-corrected chi connectivity index (χ3v) is 3.62. The Hall–Kier alpha value is -3.21. The summed E-state index contributed by atoms with van der Waals surface area (Å²) >= 11 is 0.